The van der Waals surface area contributed by atoms with Crippen molar-refractivity contribution in [2.75, 3.05) is 20.2 Å². The first-order valence-corrected chi connectivity index (χ1v) is 7.03. The molecule has 0 spiro atoms. The molecule has 1 atom stereocenters. The minimum atomic E-state index is -4.44. The molecule has 2 rings (SSSR count). The maximum atomic E-state index is 12.3. The van der Waals surface area contributed by atoms with Gasteiger partial charge in [0.2, 0.25) is 11.8 Å². The van der Waals surface area contributed by atoms with Gasteiger partial charge in [0.15, 0.2) is 0 Å². The number of alkyl halides is 3. The van der Waals surface area contributed by atoms with E-state index in [0.29, 0.717) is 5.75 Å². The van der Waals surface area contributed by atoms with Gasteiger partial charge in [-0.1, -0.05) is 12.1 Å². The molecule has 1 aromatic carbocycles. The van der Waals surface area contributed by atoms with E-state index in [-0.39, 0.29) is 25.3 Å². The lowest BCUT2D eigenvalue weighted by atomic mass is 10.1. The molecule has 0 saturated carbocycles. The number of carbonyl (C=O) groups excluding carboxylic acids is 2. The van der Waals surface area contributed by atoms with E-state index in [1.54, 1.807) is 24.3 Å². The largest absolute Gasteiger partial charge is 0.497 e. The van der Waals surface area contributed by atoms with Gasteiger partial charge in [0.1, 0.15) is 12.3 Å². The van der Waals surface area contributed by atoms with E-state index in [1.165, 1.54) is 7.11 Å². The summed E-state index contributed by atoms with van der Waals surface area (Å²) in [7, 11) is 1.51. The van der Waals surface area contributed by atoms with E-state index in [4.69, 9.17) is 4.74 Å². The minimum Gasteiger partial charge on any atom is -0.497 e. The Hall–Kier alpha value is -2.25. The van der Waals surface area contributed by atoms with Gasteiger partial charge in [0.05, 0.1) is 19.6 Å². The van der Waals surface area contributed by atoms with Crippen LogP contribution >= 0.6 is 0 Å². The van der Waals surface area contributed by atoms with Crippen molar-refractivity contribution in [1.29, 1.82) is 0 Å². The van der Waals surface area contributed by atoms with Gasteiger partial charge in [-0.3, -0.25) is 9.59 Å². The summed E-state index contributed by atoms with van der Waals surface area (Å²) in [5.74, 6) is -0.332. The minimum absolute atomic E-state index is 0.0706. The van der Waals surface area contributed by atoms with E-state index in [2.05, 4.69) is 5.32 Å². The number of amides is 2. The van der Waals surface area contributed by atoms with Crippen molar-refractivity contribution in [3.05, 3.63) is 29.8 Å². The number of rotatable bonds is 5. The first-order valence-electron chi connectivity index (χ1n) is 7.03. The fourth-order valence-electron chi connectivity index (χ4n) is 2.48. The van der Waals surface area contributed by atoms with Gasteiger partial charge in [-0.25, -0.2) is 0 Å². The summed E-state index contributed by atoms with van der Waals surface area (Å²) in [6.45, 7) is -1.41. The standard InChI is InChI=1S/C15H17F3N2O3/c1-23-12-4-2-3-10(5-12)6-13(21)19-11-7-14(22)20(8-11)9-15(16,17)18/h2-5,11H,6-9H2,1H3,(H,19,21)/t11-/m1/s1. The van der Waals surface area contributed by atoms with Crippen LogP contribution in [-0.4, -0.2) is 49.1 Å². The molecule has 1 fully saturated rings. The Kier molecular flexibility index (Phi) is 5.12. The van der Waals surface area contributed by atoms with E-state index in [9.17, 15) is 22.8 Å². The van der Waals surface area contributed by atoms with Crippen molar-refractivity contribution < 1.29 is 27.5 Å². The summed E-state index contributed by atoms with van der Waals surface area (Å²) in [4.78, 5) is 24.2. The topological polar surface area (TPSA) is 58.6 Å². The summed E-state index contributed by atoms with van der Waals surface area (Å²) < 4.78 is 42.1. The summed E-state index contributed by atoms with van der Waals surface area (Å²) >= 11 is 0. The Bertz CT molecular complexity index is 590. The van der Waals surface area contributed by atoms with Gasteiger partial charge in [0, 0.05) is 13.0 Å². The van der Waals surface area contributed by atoms with Gasteiger partial charge in [-0.2, -0.15) is 13.2 Å². The monoisotopic (exact) mass is 330 g/mol. The molecule has 0 aromatic heterocycles. The second-order valence-electron chi connectivity index (χ2n) is 5.39. The van der Waals surface area contributed by atoms with Crippen LogP contribution in [0.4, 0.5) is 13.2 Å². The van der Waals surface area contributed by atoms with Crippen molar-refractivity contribution in [2.24, 2.45) is 0 Å². The number of methoxy groups -OCH3 is 1. The average molecular weight is 330 g/mol. The first-order chi connectivity index (χ1) is 10.8. The fraction of sp³-hybridized carbons (Fsp3) is 0.467. The molecule has 0 radical (unpaired) electrons. The van der Waals surface area contributed by atoms with Crippen LogP contribution in [0.15, 0.2) is 24.3 Å². The highest BCUT2D eigenvalue weighted by Crippen LogP contribution is 2.21. The van der Waals surface area contributed by atoms with Gasteiger partial charge >= 0.3 is 6.18 Å². The third-order valence-corrected chi connectivity index (χ3v) is 3.45. The number of nitrogens with zero attached hydrogens (tertiary/aromatic N) is 1. The molecular formula is C15H17F3N2O3. The lowest BCUT2D eigenvalue weighted by molar-refractivity contribution is -0.157. The number of ether oxygens (including phenoxy) is 1. The summed E-state index contributed by atoms with van der Waals surface area (Å²) in [5.41, 5.74) is 0.721. The molecule has 1 N–H and O–H groups in total. The van der Waals surface area contributed by atoms with Crippen LogP contribution in [0.1, 0.15) is 12.0 Å². The number of benzene rings is 1. The Morgan fingerprint density at radius 2 is 2.17 bits per heavy atom. The molecule has 8 heteroatoms. The van der Waals surface area contributed by atoms with Gasteiger partial charge in [0.25, 0.3) is 0 Å². The fourth-order valence-corrected chi connectivity index (χ4v) is 2.48. The molecule has 5 nitrogen and oxygen atoms in total. The maximum absolute atomic E-state index is 12.3. The molecule has 1 saturated heterocycles. The summed E-state index contributed by atoms with van der Waals surface area (Å²) in [6, 6.07) is 6.34. The SMILES string of the molecule is COc1cccc(CC(=O)N[C@@H]2CC(=O)N(CC(F)(F)F)C2)c1. The third-order valence-electron chi connectivity index (χ3n) is 3.45. The van der Waals surface area contributed by atoms with Crippen LogP contribution < -0.4 is 10.1 Å². The van der Waals surface area contributed by atoms with Crippen LogP contribution in [-0.2, 0) is 16.0 Å². The van der Waals surface area contributed by atoms with Crippen LogP contribution in [0.3, 0.4) is 0 Å². The third kappa shape index (κ3) is 5.15. The van der Waals surface area contributed by atoms with Gasteiger partial charge in [-0.05, 0) is 17.7 Å². The first kappa shape index (κ1) is 17.1. The van der Waals surface area contributed by atoms with Crippen LogP contribution in [0.2, 0.25) is 0 Å². The molecule has 0 aliphatic carbocycles. The van der Waals surface area contributed by atoms with Crippen molar-refractivity contribution in [3.8, 4) is 5.75 Å². The molecule has 1 heterocycles. The van der Waals surface area contributed by atoms with Crippen LogP contribution in [0, 0.1) is 0 Å². The molecule has 0 bridgehead atoms. The second-order valence-corrected chi connectivity index (χ2v) is 5.39. The number of halogens is 3. The number of nitrogens with one attached hydrogen (secondary N) is 1. The van der Waals surface area contributed by atoms with E-state index in [1.807, 2.05) is 0 Å². The maximum Gasteiger partial charge on any atom is 0.406 e. The highest BCUT2D eigenvalue weighted by molar-refractivity contribution is 5.83. The molecular weight excluding hydrogens is 313 g/mol. The molecule has 2 amide bonds. The lowest BCUT2D eigenvalue weighted by Gasteiger charge is -2.18. The zero-order valence-electron chi connectivity index (χ0n) is 12.5. The Morgan fingerprint density at radius 1 is 1.43 bits per heavy atom. The number of hydrogen-bond donors (Lipinski definition) is 1. The number of carbonyl (C=O) groups is 2. The second kappa shape index (κ2) is 6.89. The van der Waals surface area contributed by atoms with Gasteiger partial charge in [-0.15, -0.1) is 0 Å². The predicted octanol–water partition coefficient (Wildman–Crippen LogP) is 1.52. The predicted molar refractivity (Wildman–Crippen MR) is 75.9 cm³/mol. The Balaban J connectivity index is 1.87. The van der Waals surface area contributed by atoms with Crippen molar-refractivity contribution >= 4 is 11.8 Å². The molecule has 126 valence electrons. The lowest BCUT2D eigenvalue weighted by Crippen LogP contribution is -2.40. The van der Waals surface area contributed by atoms with E-state index >= 15 is 0 Å². The Morgan fingerprint density at radius 3 is 2.83 bits per heavy atom. The molecule has 1 aromatic rings. The summed E-state index contributed by atoms with van der Waals surface area (Å²) in [6.07, 6.45) is -4.48. The number of likely N-dealkylation sites (tertiary alicyclic amines) is 1. The Labute approximate surface area is 131 Å². The van der Waals surface area contributed by atoms with E-state index in [0.717, 1.165) is 10.5 Å². The normalized spacial score (nSPS) is 18.2. The van der Waals surface area contributed by atoms with Crippen molar-refractivity contribution in [1.82, 2.24) is 10.2 Å². The average Bonchev–Trinajstić information content (AvgIpc) is 2.76. The van der Waals surface area contributed by atoms with E-state index < -0.39 is 24.7 Å². The van der Waals surface area contributed by atoms with Crippen LogP contribution in [0.25, 0.3) is 0 Å². The van der Waals surface area contributed by atoms with Crippen molar-refractivity contribution in [2.45, 2.75) is 25.1 Å². The van der Waals surface area contributed by atoms with Crippen LogP contribution in [0.5, 0.6) is 5.75 Å². The zero-order valence-corrected chi connectivity index (χ0v) is 12.5. The zero-order chi connectivity index (χ0) is 17.0. The molecule has 23 heavy (non-hydrogen) atoms. The number of hydrogen-bond acceptors (Lipinski definition) is 3. The quantitative estimate of drug-likeness (QED) is 0.890. The highest BCUT2D eigenvalue weighted by Gasteiger charge is 2.38. The molecule has 0 unspecified atom stereocenters. The highest BCUT2D eigenvalue weighted by atomic mass is 19.4. The summed E-state index contributed by atoms with van der Waals surface area (Å²) in [5, 5.41) is 2.60. The molecule has 1 aliphatic rings. The smallest absolute Gasteiger partial charge is 0.406 e. The van der Waals surface area contributed by atoms with Crippen molar-refractivity contribution in [3.63, 3.8) is 0 Å². The molecule has 1 aliphatic heterocycles. The van der Waals surface area contributed by atoms with Gasteiger partial charge < -0.3 is 15.0 Å².